The molecule has 0 aromatic carbocycles. The molecule has 0 amide bonds. The normalized spacial score (nSPS) is 13.6. The molecule has 1 aromatic heterocycles. The minimum Gasteiger partial charge on any atom is -0.493 e. The lowest BCUT2D eigenvalue weighted by Crippen LogP contribution is -2.22. The molecule has 1 rings (SSSR count). The highest BCUT2D eigenvalue weighted by Gasteiger charge is 2.17. The van der Waals surface area contributed by atoms with E-state index in [9.17, 15) is 5.11 Å². The van der Waals surface area contributed by atoms with Crippen LogP contribution in [-0.2, 0) is 9.47 Å². The van der Waals surface area contributed by atoms with E-state index in [4.69, 9.17) is 9.47 Å². The Morgan fingerprint density at radius 3 is 2.59 bits per heavy atom. The average Bonchev–Trinajstić information content (AvgIpc) is 2.23. The van der Waals surface area contributed by atoms with E-state index < -0.39 is 14.4 Å². The Labute approximate surface area is 104 Å². The van der Waals surface area contributed by atoms with E-state index in [0.29, 0.717) is 12.3 Å². The van der Waals surface area contributed by atoms with Crippen molar-refractivity contribution >= 4 is 8.07 Å². The van der Waals surface area contributed by atoms with Crippen molar-refractivity contribution in [3.8, 4) is 5.88 Å². The number of methoxy groups -OCH3 is 1. The summed E-state index contributed by atoms with van der Waals surface area (Å²) < 4.78 is 10.9. The standard InChI is InChI=1S/C12H21NO3Si/c1-15-12(16-8-9-17(2,3)4)10-6-5-7-11(14)13-10/h5-7,12H,8-9H2,1-4H3,(H,13,14). The number of nitrogens with zero attached hydrogens (tertiary/aromatic N) is 1. The van der Waals surface area contributed by atoms with E-state index in [1.807, 2.05) is 0 Å². The molecule has 4 nitrogen and oxygen atoms in total. The predicted octanol–water partition coefficient (Wildman–Crippen LogP) is 2.79. The molecule has 96 valence electrons. The van der Waals surface area contributed by atoms with Crippen LogP contribution in [0.1, 0.15) is 12.0 Å². The highest BCUT2D eigenvalue weighted by molar-refractivity contribution is 6.76. The van der Waals surface area contributed by atoms with Gasteiger partial charge in [0.2, 0.25) is 12.2 Å². The van der Waals surface area contributed by atoms with Crippen LogP contribution in [0.15, 0.2) is 18.2 Å². The third kappa shape index (κ3) is 5.30. The van der Waals surface area contributed by atoms with Gasteiger partial charge in [0.15, 0.2) is 0 Å². The van der Waals surface area contributed by atoms with E-state index in [1.165, 1.54) is 6.07 Å². The van der Waals surface area contributed by atoms with Crippen LogP contribution in [0.2, 0.25) is 25.7 Å². The molecule has 0 bridgehead atoms. The number of aromatic hydroxyl groups is 1. The van der Waals surface area contributed by atoms with Crippen molar-refractivity contribution in [2.45, 2.75) is 32.0 Å². The van der Waals surface area contributed by atoms with Crippen molar-refractivity contribution in [3.05, 3.63) is 23.9 Å². The fraction of sp³-hybridized carbons (Fsp3) is 0.583. The first-order valence-electron chi connectivity index (χ1n) is 5.73. The fourth-order valence-electron chi connectivity index (χ4n) is 1.32. The number of aromatic nitrogens is 1. The zero-order chi connectivity index (χ0) is 12.9. The van der Waals surface area contributed by atoms with Crippen LogP contribution in [0.4, 0.5) is 0 Å². The van der Waals surface area contributed by atoms with Gasteiger partial charge in [-0.25, -0.2) is 4.98 Å². The van der Waals surface area contributed by atoms with Crippen LogP contribution in [0.5, 0.6) is 5.88 Å². The minimum atomic E-state index is -1.10. The van der Waals surface area contributed by atoms with Crippen molar-refractivity contribution in [1.82, 2.24) is 4.98 Å². The highest BCUT2D eigenvalue weighted by Crippen LogP contribution is 2.19. The molecule has 0 saturated heterocycles. The first-order chi connectivity index (χ1) is 7.92. The lowest BCUT2D eigenvalue weighted by Gasteiger charge is -2.19. The Kier molecular flexibility index (Phi) is 5.11. The third-order valence-electron chi connectivity index (χ3n) is 2.33. The zero-order valence-corrected chi connectivity index (χ0v) is 11.9. The molecule has 0 aliphatic heterocycles. The van der Waals surface area contributed by atoms with Crippen LogP contribution in [-0.4, -0.2) is 31.9 Å². The van der Waals surface area contributed by atoms with Gasteiger partial charge in [-0.15, -0.1) is 0 Å². The average molecular weight is 255 g/mol. The first-order valence-corrected chi connectivity index (χ1v) is 9.43. The number of rotatable bonds is 6. The summed E-state index contributed by atoms with van der Waals surface area (Å²) in [6, 6.07) is 6.11. The van der Waals surface area contributed by atoms with Crippen LogP contribution in [0.3, 0.4) is 0 Å². The predicted molar refractivity (Wildman–Crippen MR) is 69.8 cm³/mol. The molecule has 1 atom stereocenters. The molecule has 0 radical (unpaired) electrons. The molecule has 1 N–H and O–H groups in total. The Morgan fingerprint density at radius 2 is 2.06 bits per heavy atom. The van der Waals surface area contributed by atoms with Gasteiger partial charge in [-0.2, -0.15) is 0 Å². The molecular formula is C12H21NO3Si. The molecule has 0 aliphatic carbocycles. The van der Waals surface area contributed by atoms with Gasteiger partial charge in [0, 0.05) is 27.9 Å². The first kappa shape index (κ1) is 14.1. The summed E-state index contributed by atoms with van der Waals surface area (Å²) in [5.41, 5.74) is 0.600. The van der Waals surface area contributed by atoms with E-state index >= 15 is 0 Å². The van der Waals surface area contributed by atoms with Gasteiger partial charge in [0.1, 0.15) is 5.69 Å². The van der Waals surface area contributed by atoms with Gasteiger partial charge in [0.25, 0.3) is 0 Å². The van der Waals surface area contributed by atoms with Crippen LogP contribution in [0, 0.1) is 0 Å². The second-order valence-corrected chi connectivity index (χ2v) is 10.8. The Hall–Kier alpha value is -0.913. The second kappa shape index (κ2) is 6.14. The van der Waals surface area contributed by atoms with Crippen molar-refractivity contribution < 1.29 is 14.6 Å². The summed E-state index contributed by atoms with van der Waals surface area (Å²) in [5.74, 6) is -0.0154. The quantitative estimate of drug-likeness (QED) is 0.627. The highest BCUT2D eigenvalue weighted by atomic mass is 28.3. The van der Waals surface area contributed by atoms with E-state index in [2.05, 4.69) is 24.6 Å². The van der Waals surface area contributed by atoms with Crippen LogP contribution >= 0.6 is 0 Å². The van der Waals surface area contributed by atoms with Crippen LogP contribution in [0.25, 0.3) is 0 Å². The lowest BCUT2D eigenvalue weighted by molar-refractivity contribution is -0.126. The molecule has 0 spiro atoms. The topological polar surface area (TPSA) is 51.6 Å². The number of ether oxygens (including phenoxy) is 2. The summed E-state index contributed by atoms with van der Waals surface area (Å²) >= 11 is 0. The van der Waals surface area contributed by atoms with Gasteiger partial charge < -0.3 is 14.6 Å². The monoisotopic (exact) mass is 255 g/mol. The zero-order valence-electron chi connectivity index (χ0n) is 10.9. The summed E-state index contributed by atoms with van der Waals surface area (Å²) in [6.07, 6.45) is -0.501. The number of pyridine rings is 1. The molecule has 0 aliphatic rings. The van der Waals surface area contributed by atoms with Gasteiger partial charge in [-0.3, -0.25) is 0 Å². The van der Waals surface area contributed by atoms with E-state index in [1.54, 1.807) is 19.2 Å². The Morgan fingerprint density at radius 1 is 1.35 bits per heavy atom. The molecule has 1 aromatic rings. The Balaban J connectivity index is 2.54. The van der Waals surface area contributed by atoms with Crippen molar-refractivity contribution in [2.24, 2.45) is 0 Å². The smallest absolute Gasteiger partial charge is 0.211 e. The van der Waals surface area contributed by atoms with Crippen molar-refractivity contribution in [2.75, 3.05) is 13.7 Å². The molecule has 1 unspecified atom stereocenters. The fourth-order valence-corrected chi connectivity index (χ4v) is 2.05. The maximum absolute atomic E-state index is 9.30. The maximum Gasteiger partial charge on any atom is 0.211 e. The largest absolute Gasteiger partial charge is 0.493 e. The van der Waals surface area contributed by atoms with E-state index in [-0.39, 0.29) is 5.88 Å². The van der Waals surface area contributed by atoms with Crippen LogP contribution < -0.4 is 0 Å². The van der Waals surface area contributed by atoms with Gasteiger partial charge >= 0.3 is 0 Å². The summed E-state index contributed by atoms with van der Waals surface area (Å²) in [4.78, 5) is 3.98. The lowest BCUT2D eigenvalue weighted by atomic mass is 10.3. The van der Waals surface area contributed by atoms with Gasteiger partial charge in [0.05, 0.1) is 0 Å². The number of hydrogen-bond donors (Lipinski definition) is 1. The van der Waals surface area contributed by atoms with Crippen molar-refractivity contribution in [1.29, 1.82) is 0 Å². The number of hydrogen-bond acceptors (Lipinski definition) is 4. The van der Waals surface area contributed by atoms with Gasteiger partial charge in [-0.05, 0) is 12.1 Å². The molecule has 1 heterocycles. The summed E-state index contributed by atoms with van der Waals surface area (Å²) in [5, 5.41) is 9.30. The van der Waals surface area contributed by atoms with Crippen molar-refractivity contribution in [3.63, 3.8) is 0 Å². The SMILES string of the molecule is COC(OCC[Si](C)(C)C)c1cccc(O)n1. The maximum atomic E-state index is 9.30. The molecular weight excluding hydrogens is 234 g/mol. The van der Waals surface area contributed by atoms with Gasteiger partial charge in [-0.1, -0.05) is 25.7 Å². The molecule has 0 fully saturated rings. The molecule has 17 heavy (non-hydrogen) atoms. The Bertz CT molecular complexity index is 352. The molecule has 5 heteroatoms. The minimum absolute atomic E-state index is 0.0154. The molecule has 0 saturated carbocycles. The second-order valence-electron chi connectivity index (χ2n) is 5.17. The summed E-state index contributed by atoms with van der Waals surface area (Å²) in [7, 11) is 0.475. The van der Waals surface area contributed by atoms with E-state index in [0.717, 1.165) is 6.04 Å². The third-order valence-corrected chi connectivity index (χ3v) is 4.04. The summed E-state index contributed by atoms with van der Waals surface area (Å²) in [6.45, 7) is 7.55.